The molecule has 7 heteroatoms. The smallest absolute Gasteiger partial charge is 0.320 e. The van der Waals surface area contributed by atoms with Crippen molar-refractivity contribution in [2.45, 2.75) is 20.8 Å². The molecule has 0 unspecified atom stereocenters. The van der Waals surface area contributed by atoms with E-state index in [1.807, 2.05) is 43.3 Å². The van der Waals surface area contributed by atoms with Crippen LogP contribution in [0.5, 0.6) is 0 Å². The van der Waals surface area contributed by atoms with Gasteiger partial charge in [-0.05, 0) is 44.6 Å². The maximum absolute atomic E-state index is 5.40. The Morgan fingerprint density at radius 1 is 1.08 bits per heavy atom. The van der Waals surface area contributed by atoms with Crippen molar-refractivity contribution in [3.8, 4) is 5.69 Å². The molecule has 0 atom stereocenters. The van der Waals surface area contributed by atoms with E-state index in [0.717, 1.165) is 30.2 Å². The minimum absolute atomic E-state index is 0.287. The minimum atomic E-state index is 0.287. The summed E-state index contributed by atoms with van der Waals surface area (Å²) in [6.07, 6.45) is 1.97. The Morgan fingerprint density at radius 2 is 1.80 bits per heavy atom. The van der Waals surface area contributed by atoms with E-state index in [-0.39, 0.29) is 6.02 Å². The predicted molar refractivity (Wildman–Crippen MR) is 99.5 cm³/mol. The molecule has 2 heterocycles. The number of fused-ring (bicyclic) bond motifs is 1. The summed E-state index contributed by atoms with van der Waals surface area (Å²) in [5.74, 6) is 1.44. The molecular weight excluding hydrogens is 316 g/mol. The molecule has 1 aliphatic heterocycles. The van der Waals surface area contributed by atoms with E-state index >= 15 is 0 Å². The highest BCUT2D eigenvalue weighted by Crippen LogP contribution is 2.26. The van der Waals surface area contributed by atoms with Gasteiger partial charge in [0.2, 0.25) is 0 Å². The van der Waals surface area contributed by atoms with Gasteiger partial charge in [0.25, 0.3) is 0 Å². The average molecular weight is 338 g/mol. The summed E-state index contributed by atoms with van der Waals surface area (Å²) in [4.78, 5) is 11.3. The fraction of sp³-hybridized carbons (Fsp3) is 0.333. The van der Waals surface area contributed by atoms with Crippen LogP contribution in [0.15, 0.2) is 45.9 Å². The maximum Gasteiger partial charge on any atom is 0.320 e. The topological polar surface area (TPSA) is 67.9 Å². The number of likely N-dealkylation sites (N-methyl/N-ethyl adjacent to an activating group) is 1. The first-order valence-electron chi connectivity index (χ1n) is 8.34. The highest BCUT2D eigenvalue weighted by Gasteiger charge is 2.20. The zero-order chi connectivity index (χ0) is 17.8. The summed E-state index contributed by atoms with van der Waals surface area (Å²) in [5.41, 5.74) is 2.57. The highest BCUT2D eigenvalue weighted by atomic mass is 16.5. The number of hydrogen-bond donors (Lipinski definition) is 0. The number of amidine groups is 2. The van der Waals surface area contributed by atoms with Gasteiger partial charge < -0.3 is 9.64 Å². The number of benzene rings is 1. The van der Waals surface area contributed by atoms with E-state index in [1.165, 1.54) is 0 Å². The molecule has 0 bridgehead atoms. The lowest BCUT2D eigenvalue weighted by atomic mass is 10.2. The maximum atomic E-state index is 5.40. The van der Waals surface area contributed by atoms with Crippen LogP contribution < -0.4 is 0 Å². The number of aliphatic imine (C=N–C) groups is 2. The minimum Gasteiger partial charge on any atom is -0.467 e. The summed E-state index contributed by atoms with van der Waals surface area (Å²) < 4.78 is 7.09. The molecule has 1 aliphatic rings. The van der Waals surface area contributed by atoms with Crippen molar-refractivity contribution in [1.29, 1.82) is 0 Å². The lowest BCUT2D eigenvalue weighted by molar-refractivity contribution is 0.394. The second-order valence-electron chi connectivity index (χ2n) is 5.58. The lowest BCUT2D eigenvalue weighted by Gasteiger charge is -2.24. The van der Waals surface area contributed by atoms with Crippen LogP contribution in [-0.4, -0.2) is 52.0 Å². The van der Waals surface area contributed by atoms with Crippen molar-refractivity contribution in [3.05, 3.63) is 41.6 Å². The summed E-state index contributed by atoms with van der Waals surface area (Å²) in [7, 11) is 1.57. The van der Waals surface area contributed by atoms with Crippen LogP contribution in [0.2, 0.25) is 0 Å². The molecule has 0 amide bonds. The largest absolute Gasteiger partial charge is 0.467 e. The van der Waals surface area contributed by atoms with Crippen molar-refractivity contribution in [1.82, 2.24) is 19.9 Å². The van der Waals surface area contributed by atoms with Gasteiger partial charge in [0, 0.05) is 13.1 Å². The SMILES string of the molecule is CCN(CC)C1=N/C(OC)=N\c2c(nnn2-c2ccccc2)/C=C\1C. The highest BCUT2D eigenvalue weighted by molar-refractivity contribution is 6.07. The molecule has 0 saturated heterocycles. The van der Waals surface area contributed by atoms with Crippen LogP contribution in [0.25, 0.3) is 11.8 Å². The van der Waals surface area contributed by atoms with Gasteiger partial charge in [-0.2, -0.15) is 14.7 Å². The molecule has 0 N–H and O–H groups in total. The van der Waals surface area contributed by atoms with Gasteiger partial charge in [-0.3, -0.25) is 0 Å². The summed E-state index contributed by atoms with van der Waals surface area (Å²) in [6, 6.07) is 10.1. The third kappa shape index (κ3) is 3.31. The van der Waals surface area contributed by atoms with E-state index in [4.69, 9.17) is 4.74 Å². The Kier molecular flexibility index (Phi) is 4.92. The molecule has 25 heavy (non-hydrogen) atoms. The molecule has 1 aromatic carbocycles. The molecule has 2 aromatic rings. The molecular formula is C18H22N6O. The van der Waals surface area contributed by atoms with Gasteiger partial charge in [-0.25, -0.2) is 0 Å². The normalized spacial score (nSPS) is 20.1. The first-order valence-corrected chi connectivity index (χ1v) is 8.34. The van der Waals surface area contributed by atoms with Crippen LogP contribution in [0.1, 0.15) is 26.5 Å². The van der Waals surface area contributed by atoms with Crippen LogP contribution in [0, 0.1) is 0 Å². The molecule has 1 aromatic heterocycles. The zero-order valence-corrected chi connectivity index (χ0v) is 15.0. The molecule has 0 radical (unpaired) electrons. The second kappa shape index (κ2) is 7.29. The zero-order valence-electron chi connectivity index (χ0n) is 15.0. The molecule has 7 nitrogen and oxygen atoms in total. The molecule has 0 spiro atoms. The Hall–Kier alpha value is -2.96. The Labute approximate surface area is 147 Å². The van der Waals surface area contributed by atoms with Gasteiger partial charge >= 0.3 is 6.02 Å². The fourth-order valence-electron chi connectivity index (χ4n) is 2.73. The monoisotopic (exact) mass is 338 g/mol. The first kappa shape index (κ1) is 16.9. The van der Waals surface area contributed by atoms with E-state index in [2.05, 4.69) is 39.0 Å². The summed E-state index contributed by atoms with van der Waals surface area (Å²) in [5, 5.41) is 8.56. The number of methoxy groups -OCH3 is 1. The number of aromatic nitrogens is 3. The van der Waals surface area contributed by atoms with Gasteiger partial charge in [0.1, 0.15) is 11.5 Å². The molecule has 0 aliphatic carbocycles. The number of nitrogens with zero attached hydrogens (tertiary/aromatic N) is 6. The molecule has 130 valence electrons. The number of ether oxygens (including phenoxy) is 1. The van der Waals surface area contributed by atoms with E-state index in [1.54, 1.807) is 11.8 Å². The van der Waals surface area contributed by atoms with Crippen molar-refractivity contribution < 1.29 is 4.74 Å². The van der Waals surface area contributed by atoms with E-state index in [0.29, 0.717) is 11.5 Å². The molecule has 0 fully saturated rings. The van der Waals surface area contributed by atoms with Gasteiger partial charge in [0.15, 0.2) is 5.82 Å². The molecule has 0 saturated carbocycles. The van der Waals surface area contributed by atoms with Crippen LogP contribution in [-0.2, 0) is 4.74 Å². The molecule has 3 rings (SSSR count). The number of rotatable bonds is 3. The van der Waals surface area contributed by atoms with Crippen molar-refractivity contribution in [2.24, 2.45) is 9.98 Å². The van der Waals surface area contributed by atoms with Crippen molar-refractivity contribution in [3.63, 3.8) is 0 Å². The van der Waals surface area contributed by atoms with Crippen LogP contribution >= 0.6 is 0 Å². The number of para-hydroxylation sites is 1. The van der Waals surface area contributed by atoms with Gasteiger partial charge in [0.05, 0.1) is 12.8 Å². The third-order valence-electron chi connectivity index (χ3n) is 4.03. The lowest BCUT2D eigenvalue weighted by Crippen LogP contribution is -2.32. The Morgan fingerprint density at radius 3 is 2.44 bits per heavy atom. The Bertz CT molecular complexity index is 831. The third-order valence-corrected chi connectivity index (χ3v) is 4.03. The average Bonchev–Trinajstić information content (AvgIpc) is 3.01. The standard InChI is InChI=1S/C18H22N6O/c1-5-23(6-2)16-13(3)12-15-17(20-18(19-16)25-4)24(22-21-15)14-10-8-7-9-11-14/h7-12H,5-6H2,1-4H3/b13-12-,15-12?,16-13?,19-16+,19-18?,20-17?,20-18+. The van der Waals surface area contributed by atoms with Gasteiger partial charge in [-0.1, -0.05) is 23.4 Å². The number of hydrogen-bond acceptors (Lipinski definition) is 6. The van der Waals surface area contributed by atoms with Gasteiger partial charge in [-0.15, -0.1) is 5.10 Å². The van der Waals surface area contributed by atoms with Crippen LogP contribution in [0.4, 0.5) is 5.82 Å². The summed E-state index contributed by atoms with van der Waals surface area (Å²) in [6.45, 7) is 7.90. The van der Waals surface area contributed by atoms with Crippen molar-refractivity contribution >= 4 is 23.8 Å². The van der Waals surface area contributed by atoms with E-state index < -0.39 is 0 Å². The summed E-state index contributed by atoms with van der Waals surface area (Å²) >= 11 is 0. The first-order chi connectivity index (χ1) is 12.2. The van der Waals surface area contributed by atoms with Crippen molar-refractivity contribution in [2.75, 3.05) is 20.2 Å². The van der Waals surface area contributed by atoms with Crippen LogP contribution in [0.3, 0.4) is 0 Å². The van der Waals surface area contributed by atoms with E-state index in [9.17, 15) is 0 Å². The Balaban J connectivity index is 2.15. The second-order valence-corrected chi connectivity index (χ2v) is 5.58. The fourth-order valence-corrected chi connectivity index (χ4v) is 2.73. The quantitative estimate of drug-likeness (QED) is 0.862. The predicted octanol–water partition coefficient (Wildman–Crippen LogP) is 3.06.